The van der Waals surface area contributed by atoms with Crippen LogP contribution >= 0.6 is 0 Å². The first-order valence-corrected chi connectivity index (χ1v) is 11.0. The topological polar surface area (TPSA) is 126 Å². The summed E-state index contributed by atoms with van der Waals surface area (Å²) in [4.78, 5) is 24.6. The fourth-order valence-electron chi connectivity index (χ4n) is 4.35. The number of rotatable bonds is 7. The number of aliphatic hydroxyl groups is 1. The lowest BCUT2D eigenvalue weighted by Crippen LogP contribution is -2.52. The molecule has 30 heavy (non-hydrogen) atoms. The van der Waals surface area contributed by atoms with Gasteiger partial charge in [-0.3, -0.25) is 4.79 Å². The number of urea groups is 1. The zero-order valence-electron chi connectivity index (χ0n) is 17.9. The first-order valence-electron chi connectivity index (χ1n) is 11.0. The number of hydrogen-bond acceptors (Lipinski definition) is 6. The van der Waals surface area contributed by atoms with Gasteiger partial charge in [0.25, 0.3) is 0 Å². The van der Waals surface area contributed by atoms with Crippen molar-refractivity contribution in [2.75, 3.05) is 18.5 Å². The molecule has 3 rings (SSSR count). The van der Waals surface area contributed by atoms with Crippen molar-refractivity contribution in [2.45, 2.75) is 83.5 Å². The Kier molecular flexibility index (Phi) is 8.09. The SMILES string of the molecule is Cc1noc(C)c1NC(=O)N[C@H]1CC[C@H](CCNC(=O)C2CCCCC2)O[C@@H]1CO. The maximum Gasteiger partial charge on any atom is 0.319 e. The van der Waals surface area contributed by atoms with E-state index in [-0.39, 0.29) is 36.6 Å². The highest BCUT2D eigenvalue weighted by Gasteiger charge is 2.32. The average Bonchev–Trinajstić information content (AvgIpc) is 3.07. The second-order valence-corrected chi connectivity index (χ2v) is 8.38. The molecule has 3 amide bonds. The van der Waals surface area contributed by atoms with Crippen LogP contribution in [0.25, 0.3) is 0 Å². The van der Waals surface area contributed by atoms with E-state index < -0.39 is 6.10 Å². The molecule has 1 saturated carbocycles. The van der Waals surface area contributed by atoms with Crippen LogP contribution in [0.15, 0.2) is 4.52 Å². The fraction of sp³-hybridized carbons (Fsp3) is 0.762. The normalized spacial score (nSPS) is 25.0. The molecule has 9 heteroatoms. The number of aliphatic hydroxyl groups excluding tert-OH is 1. The lowest BCUT2D eigenvalue weighted by Gasteiger charge is -2.36. The highest BCUT2D eigenvalue weighted by molar-refractivity contribution is 5.90. The van der Waals surface area contributed by atoms with Gasteiger partial charge >= 0.3 is 6.03 Å². The van der Waals surface area contributed by atoms with Gasteiger partial charge in [-0.25, -0.2) is 4.79 Å². The number of aryl methyl sites for hydroxylation is 2. The van der Waals surface area contributed by atoms with Gasteiger partial charge in [-0.2, -0.15) is 0 Å². The molecule has 0 spiro atoms. The molecule has 0 bridgehead atoms. The van der Waals surface area contributed by atoms with Crippen molar-refractivity contribution in [1.82, 2.24) is 15.8 Å². The van der Waals surface area contributed by atoms with E-state index in [1.54, 1.807) is 13.8 Å². The van der Waals surface area contributed by atoms with Gasteiger partial charge in [0.2, 0.25) is 5.91 Å². The molecule has 168 valence electrons. The molecular formula is C21H34N4O5. The summed E-state index contributed by atoms with van der Waals surface area (Å²) < 4.78 is 11.0. The number of aromatic nitrogens is 1. The minimum Gasteiger partial charge on any atom is -0.394 e. The molecule has 1 aromatic rings. The zero-order chi connectivity index (χ0) is 21.5. The summed E-state index contributed by atoms with van der Waals surface area (Å²) in [5, 5.41) is 22.2. The molecule has 9 nitrogen and oxygen atoms in total. The number of ether oxygens (including phenoxy) is 1. The minimum atomic E-state index is -0.479. The maximum atomic E-state index is 12.3. The summed E-state index contributed by atoms with van der Waals surface area (Å²) in [5.74, 6) is 0.845. The summed E-state index contributed by atoms with van der Waals surface area (Å²) in [7, 11) is 0. The predicted octanol–water partition coefficient (Wildman–Crippen LogP) is 2.41. The van der Waals surface area contributed by atoms with Crippen molar-refractivity contribution in [3.63, 3.8) is 0 Å². The summed E-state index contributed by atoms with van der Waals surface area (Å²) in [6, 6.07) is -0.668. The van der Waals surface area contributed by atoms with Crippen LogP contribution in [-0.2, 0) is 9.53 Å². The quantitative estimate of drug-likeness (QED) is 0.535. The number of hydrogen-bond donors (Lipinski definition) is 4. The Morgan fingerprint density at radius 1 is 1.13 bits per heavy atom. The molecule has 1 aliphatic carbocycles. The van der Waals surface area contributed by atoms with Crippen LogP contribution in [0, 0.1) is 19.8 Å². The second kappa shape index (κ2) is 10.8. The van der Waals surface area contributed by atoms with Crippen molar-refractivity contribution in [1.29, 1.82) is 0 Å². The van der Waals surface area contributed by atoms with Gasteiger partial charge in [0, 0.05) is 12.5 Å². The van der Waals surface area contributed by atoms with E-state index in [0.29, 0.717) is 36.5 Å². The number of nitrogens with zero attached hydrogens (tertiary/aromatic N) is 1. The molecule has 2 aliphatic rings. The summed E-state index contributed by atoms with van der Waals surface area (Å²) >= 11 is 0. The Morgan fingerprint density at radius 2 is 1.90 bits per heavy atom. The van der Waals surface area contributed by atoms with Crippen molar-refractivity contribution in [3.05, 3.63) is 11.5 Å². The van der Waals surface area contributed by atoms with Gasteiger partial charge in [-0.05, 0) is 46.0 Å². The Hall–Kier alpha value is -2.13. The third-order valence-electron chi connectivity index (χ3n) is 6.13. The van der Waals surface area contributed by atoms with Gasteiger partial charge in [0.05, 0.1) is 18.8 Å². The maximum absolute atomic E-state index is 12.3. The average molecular weight is 423 g/mol. The summed E-state index contributed by atoms with van der Waals surface area (Å²) in [6.45, 7) is 3.88. The second-order valence-electron chi connectivity index (χ2n) is 8.38. The number of carbonyl (C=O) groups is 2. The monoisotopic (exact) mass is 422 g/mol. The van der Waals surface area contributed by atoms with Crippen LogP contribution in [0.4, 0.5) is 10.5 Å². The number of anilines is 1. The number of amides is 3. The van der Waals surface area contributed by atoms with Gasteiger partial charge in [0.15, 0.2) is 5.76 Å². The Balaban J connectivity index is 1.40. The van der Waals surface area contributed by atoms with E-state index in [2.05, 4.69) is 21.1 Å². The van der Waals surface area contributed by atoms with Crippen molar-refractivity contribution in [3.8, 4) is 0 Å². The third-order valence-corrected chi connectivity index (χ3v) is 6.13. The smallest absolute Gasteiger partial charge is 0.319 e. The van der Waals surface area contributed by atoms with Gasteiger partial charge < -0.3 is 30.3 Å². The molecule has 2 heterocycles. The van der Waals surface area contributed by atoms with Crippen LogP contribution < -0.4 is 16.0 Å². The van der Waals surface area contributed by atoms with Gasteiger partial charge in [0.1, 0.15) is 17.5 Å². The Bertz CT molecular complexity index is 697. The first-order chi connectivity index (χ1) is 14.5. The molecule has 0 unspecified atom stereocenters. The first kappa shape index (κ1) is 22.6. The van der Waals surface area contributed by atoms with E-state index in [4.69, 9.17) is 9.26 Å². The minimum absolute atomic E-state index is 0.0440. The van der Waals surface area contributed by atoms with Crippen molar-refractivity contribution in [2.24, 2.45) is 5.92 Å². The molecule has 4 N–H and O–H groups in total. The van der Waals surface area contributed by atoms with E-state index >= 15 is 0 Å². The van der Waals surface area contributed by atoms with Gasteiger partial charge in [-0.15, -0.1) is 0 Å². The highest BCUT2D eigenvalue weighted by Crippen LogP contribution is 2.25. The molecule has 1 saturated heterocycles. The fourth-order valence-corrected chi connectivity index (χ4v) is 4.35. The van der Waals surface area contributed by atoms with Crippen LogP contribution in [0.2, 0.25) is 0 Å². The van der Waals surface area contributed by atoms with Crippen LogP contribution in [0.3, 0.4) is 0 Å². The number of carbonyl (C=O) groups excluding carboxylic acids is 2. The molecule has 1 aromatic heterocycles. The molecule has 1 aliphatic heterocycles. The van der Waals surface area contributed by atoms with Crippen LogP contribution in [-0.4, -0.2) is 53.6 Å². The lowest BCUT2D eigenvalue weighted by atomic mass is 9.88. The van der Waals surface area contributed by atoms with E-state index in [1.807, 2.05) is 0 Å². The summed E-state index contributed by atoms with van der Waals surface area (Å²) in [6.07, 6.45) is 7.11. The van der Waals surface area contributed by atoms with Crippen LogP contribution in [0.5, 0.6) is 0 Å². The molecule has 3 atom stereocenters. The summed E-state index contributed by atoms with van der Waals surface area (Å²) in [5.41, 5.74) is 1.16. The highest BCUT2D eigenvalue weighted by atomic mass is 16.5. The zero-order valence-corrected chi connectivity index (χ0v) is 17.9. The van der Waals surface area contributed by atoms with Crippen molar-refractivity contribution >= 4 is 17.6 Å². The lowest BCUT2D eigenvalue weighted by molar-refractivity contribution is -0.126. The Labute approximate surface area is 177 Å². The molecule has 0 radical (unpaired) electrons. The van der Waals surface area contributed by atoms with E-state index in [9.17, 15) is 14.7 Å². The molecule has 0 aromatic carbocycles. The Morgan fingerprint density at radius 3 is 2.57 bits per heavy atom. The predicted molar refractivity (Wildman–Crippen MR) is 111 cm³/mol. The van der Waals surface area contributed by atoms with Crippen LogP contribution in [0.1, 0.15) is 62.8 Å². The van der Waals surface area contributed by atoms with E-state index in [1.165, 1.54) is 6.42 Å². The van der Waals surface area contributed by atoms with Crippen molar-refractivity contribution < 1.29 is 24.0 Å². The van der Waals surface area contributed by atoms with E-state index in [0.717, 1.165) is 32.1 Å². The third kappa shape index (κ3) is 5.95. The standard InChI is InChI=1S/C21H34N4O5/c1-13-19(14(2)30-25-13)24-21(28)23-17-9-8-16(29-18(17)12-26)10-11-22-20(27)15-6-4-3-5-7-15/h15-18,26H,3-12H2,1-2H3,(H,22,27)(H2,23,24,28)/t16-,17+,18-/m1/s1. The molecule has 2 fully saturated rings. The molecular weight excluding hydrogens is 388 g/mol. The largest absolute Gasteiger partial charge is 0.394 e. The van der Waals surface area contributed by atoms with Gasteiger partial charge in [-0.1, -0.05) is 24.4 Å². The number of nitrogens with one attached hydrogen (secondary N) is 3.